The summed E-state index contributed by atoms with van der Waals surface area (Å²) in [5.74, 6) is 0.120. The summed E-state index contributed by atoms with van der Waals surface area (Å²) in [5.41, 5.74) is 2.81. The maximum atomic E-state index is 12.7. The number of aromatic nitrogens is 1. The SMILES string of the molecule is C/C=C/c1ccc([C@@H]2[C@H](CO)N[C@H]2CN(CC)C(=O)c2ccccn2)cc1. The number of benzene rings is 1. The summed E-state index contributed by atoms with van der Waals surface area (Å²) in [6.07, 6.45) is 5.72. The lowest BCUT2D eigenvalue weighted by molar-refractivity contribution is 0.0636. The highest BCUT2D eigenvalue weighted by Gasteiger charge is 2.42. The van der Waals surface area contributed by atoms with Gasteiger partial charge in [0, 0.05) is 37.3 Å². The van der Waals surface area contributed by atoms with E-state index in [0.717, 1.165) is 5.56 Å². The summed E-state index contributed by atoms with van der Waals surface area (Å²) >= 11 is 0. The molecule has 2 N–H and O–H groups in total. The molecule has 1 fully saturated rings. The lowest BCUT2D eigenvalue weighted by Gasteiger charge is -2.47. The minimum atomic E-state index is -0.0606. The molecule has 142 valence electrons. The molecule has 27 heavy (non-hydrogen) atoms. The molecular weight excluding hydrogens is 338 g/mol. The molecule has 1 aliphatic heterocycles. The first-order valence-corrected chi connectivity index (χ1v) is 9.47. The molecule has 0 aliphatic carbocycles. The topological polar surface area (TPSA) is 65.5 Å². The van der Waals surface area contributed by atoms with Gasteiger partial charge in [-0.2, -0.15) is 0 Å². The van der Waals surface area contributed by atoms with Gasteiger partial charge in [-0.1, -0.05) is 42.5 Å². The number of nitrogens with one attached hydrogen (secondary N) is 1. The van der Waals surface area contributed by atoms with Crippen molar-refractivity contribution in [2.24, 2.45) is 0 Å². The van der Waals surface area contributed by atoms with Crippen molar-refractivity contribution in [1.29, 1.82) is 0 Å². The van der Waals surface area contributed by atoms with Crippen molar-refractivity contribution in [3.05, 3.63) is 71.6 Å². The average Bonchev–Trinajstić information content (AvgIpc) is 2.69. The van der Waals surface area contributed by atoms with Gasteiger partial charge in [0.05, 0.1) is 6.61 Å². The number of aliphatic hydroxyl groups excluding tert-OH is 1. The van der Waals surface area contributed by atoms with Crippen molar-refractivity contribution in [2.45, 2.75) is 31.8 Å². The summed E-state index contributed by atoms with van der Waals surface area (Å²) in [6.45, 7) is 5.26. The van der Waals surface area contributed by atoms with Crippen LogP contribution in [0.1, 0.15) is 41.4 Å². The molecule has 0 spiro atoms. The minimum absolute atomic E-state index is 0.0197. The van der Waals surface area contributed by atoms with E-state index in [2.05, 4.69) is 40.6 Å². The van der Waals surface area contributed by atoms with E-state index in [4.69, 9.17) is 0 Å². The Bertz CT molecular complexity index is 774. The summed E-state index contributed by atoms with van der Waals surface area (Å²) in [6, 6.07) is 13.9. The number of rotatable bonds is 7. The second kappa shape index (κ2) is 8.93. The smallest absolute Gasteiger partial charge is 0.272 e. The largest absolute Gasteiger partial charge is 0.395 e. The van der Waals surface area contributed by atoms with Gasteiger partial charge >= 0.3 is 0 Å². The number of carbonyl (C=O) groups excluding carboxylic acids is 1. The lowest BCUT2D eigenvalue weighted by atomic mass is 9.77. The predicted molar refractivity (Wildman–Crippen MR) is 108 cm³/mol. The molecule has 1 aromatic carbocycles. The number of hydrogen-bond donors (Lipinski definition) is 2. The van der Waals surface area contributed by atoms with E-state index in [-0.39, 0.29) is 30.5 Å². The Morgan fingerprint density at radius 3 is 2.59 bits per heavy atom. The zero-order valence-electron chi connectivity index (χ0n) is 15.9. The summed E-state index contributed by atoms with van der Waals surface area (Å²) in [7, 11) is 0. The van der Waals surface area contributed by atoms with Crippen LogP contribution in [0.15, 0.2) is 54.7 Å². The molecule has 2 heterocycles. The maximum Gasteiger partial charge on any atom is 0.272 e. The van der Waals surface area contributed by atoms with Crippen LogP contribution in [0, 0.1) is 0 Å². The highest BCUT2D eigenvalue weighted by Crippen LogP contribution is 2.33. The van der Waals surface area contributed by atoms with Crippen LogP contribution >= 0.6 is 0 Å². The summed E-state index contributed by atoms with van der Waals surface area (Å²) in [5, 5.41) is 13.1. The quantitative estimate of drug-likeness (QED) is 0.792. The molecule has 1 aromatic heterocycles. The van der Waals surface area contributed by atoms with Crippen LogP contribution in [-0.4, -0.2) is 52.7 Å². The monoisotopic (exact) mass is 365 g/mol. The fraction of sp³-hybridized carbons (Fsp3) is 0.364. The molecule has 5 nitrogen and oxygen atoms in total. The van der Waals surface area contributed by atoms with Gasteiger partial charge in [0.15, 0.2) is 0 Å². The Hall–Kier alpha value is -2.50. The van der Waals surface area contributed by atoms with E-state index in [0.29, 0.717) is 18.8 Å². The highest BCUT2D eigenvalue weighted by atomic mass is 16.3. The van der Waals surface area contributed by atoms with Gasteiger partial charge in [-0.15, -0.1) is 0 Å². The zero-order chi connectivity index (χ0) is 19.2. The van der Waals surface area contributed by atoms with Gasteiger partial charge in [0.2, 0.25) is 0 Å². The fourth-order valence-electron chi connectivity index (χ4n) is 3.71. The third kappa shape index (κ3) is 4.26. The normalized spacial score (nSPS) is 21.8. The first-order valence-electron chi connectivity index (χ1n) is 9.47. The molecule has 2 aromatic rings. The van der Waals surface area contributed by atoms with E-state index >= 15 is 0 Å². The number of pyridine rings is 1. The summed E-state index contributed by atoms with van der Waals surface area (Å²) in [4.78, 5) is 18.7. The molecule has 3 rings (SSSR count). The van der Waals surface area contributed by atoms with Crippen molar-refractivity contribution < 1.29 is 9.90 Å². The van der Waals surface area contributed by atoms with Crippen molar-refractivity contribution >= 4 is 12.0 Å². The number of aliphatic hydroxyl groups is 1. The maximum absolute atomic E-state index is 12.7. The van der Waals surface area contributed by atoms with Gasteiger partial charge < -0.3 is 15.3 Å². The molecule has 0 saturated carbocycles. The summed E-state index contributed by atoms with van der Waals surface area (Å²) < 4.78 is 0. The molecule has 1 saturated heterocycles. The standard InChI is InChI=1S/C22H27N3O2/c1-3-7-16-9-11-17(12-10-16)21-19(24-20(21)15-26)14-25(4-2)22(27)18-8-5-6-13-23-18/h3,5-13,19-21,24,26H,4,14-15H2,1-2H3/b7-3+/t19-,20-,21-/m0/s1. The van der Waals surface area contributed by atoms with Crippen LogP contribution in [0.5, 0.6) is 0 Å². The third-order valence-electron chi connectivity index (χ3n) is 5.14. The van der Waals surface area contributed by atoms with Gasteiger partial charge in [-0.05, 0) is 37.1 Å². The Balaban J connectivity index is 1.73. The predicted octanol–water partition coefficient (Wildman–Crippen LogP) is 2.69. The molecular formula is C22H27N3O2. The van der Waals surface area contributed by atoms with E-state index in [1.54, 1.807) is 18.3 Å². The first-order chi connectivity index (χ1) is 13.2. The molecule has 1 amide bonds. The third-order valence-corrected chi connectivity index (χ3v) is 5.14. The zero-order valence-corrected chi connectivity index (χ0v) is 15.9. The van der Waals surface area contributed by atoms with Gasteiger partial charge in [-0.3, -0.25) is 9.78 Å². The number of likely N-dealkylation sites (N-methyl/N-ethyl adjacent to an activating group) is 1. The number of hydrogen-bond acceptors (Lipinski definition) is 4. The fourth-order valence-corrected chi connectivity index (χ4v) is 3.71. The van der Waals surface area contributed by atoms with Crippen LogP contribution in [0.2, 0.25) is 0 Å². The average molecular weight is 365 g/mol. The van der Waals surface area contributed by atoms with Gasteiger partial charge in [0.1, 0.15) is 5.69 Å². The van der Waals surface area contributed by atoms with E-state index in [9.17, 15) is 9.90 Å². The Morgan fingerprint density at radius 1 is 1.22 bits per heavy atom. The lowest BCUT2D eigenvalue weighted by Crippen LogP contribution is -2.65. The molecule has 3 atom stereocenters. The van der Waals surface area contributed by atoms with Crippen molar-refractivity contribution in [1.82, 2.24) is 15.2 Å². The van der Waals surface area contributed by atoms with Gasteiger partial charge in [0.25, 0.3) is 5.91 Å². The number of allylic oxidation sites excluding steroid dienone is 1. The van der Waals surface area contributed by atoms with Crippen LogP contribution in [0.4, 0.5) is 0 Å². The van der Waals surface area contributed by atoms with Crippen molar-refractivity contribution in [3.63, 3.8) is 0 Å². The molecule has 0 unspecified atom stereocenters. The number of nitrogens with zero attached hydrogens (tertiary/aromatic N) is 2. The first kappa shape index (κ1) is 19.3. The minimum Gasteiger partial charge on any atom is -0.395 e. The molecule has 1 aliphatic rings. The number of amides is 1. The van der Waals surface area contributed by atoms with E-state index in [1.807, 2.05) is 30.9 Å². The van der Waals surface area contributed by atoms with Crippen LogP contribution < -0.4 is 5.32 Å². The Kier molecular flexibility index (Phi) is 6.37. The second-order valence-electron chi connectivity index (χ2n) is 6.81. The van der Waals surface area contributed by atoms with Crippen LogP contribution in [0.3, 0.4) is 0 Å². The van der Waals surface area contributed by atoms with E-state index in [1.165, 1.54) is 5.56 Å². The van der Waals surface area contributed by atoms with Crippen LogP contribution in [-0.2, 0) is 0 Å². The second-order valence-corrected chi connectivity index (χ2v) is 6.81. The van der Waals surface area contributed by atoms with E-state index < -0.39 is 0 Å². The Labute approximate surface area is 160 Å². The Morgan fingerprint density at radius 2 is 2.00 bits per heavy atom. The van der Waals surface area contributed by atoms with Crippen molar-refractivity contribution in [3.8, 4) is 0 Å². The number of carbonyl (C=O) groups is 1. The van der Waals surface area contributed by atoms with Crippen molar-refractivity contribution in [2.75, 3.05) is 19.7 Å². The molecule has 5 heteroatoms. The molecule has 0 radical (unpaired) electrons. The van der Waals surface area contributed by atoms with Gasteiger partial charge in [-0.25, -0.2) is 0 Å². The highest BCUT2D eigenvalue weighted by molar-refractivity contribution is 5.92. The van der Waals surface area contributed by atoms with Crippen LogP contribution in [0.25, 0.3) is 6.08 Å². The molecule has 0 bridgehead atoms.